The Labute approximate surface area is 248 Å². The lowest BCUT2D eigenvalue weighted by molar-refractivity contribution is -0.138. The first-order valence-electron chi connectivity index (χ1n) is 15.2. The van der Waals surface area contributed by atoms with Gasteiger partial charge in [-0.3, -0.25) is 19.4 Å². The highest BCUT2D eigenvalue weighted by Gasteiger charge is 2.62. The minimum absolute atomic E-state index is 0. The number of piperidine rings is 1. The standard InChI is InChI=1S/C31H44F2N4O3.ClH/c1-4-17-36-29(40)37(21(2)3)28(39)30(36)19-24-10-11-25(20-30)35(24)18-14-26(22-8-6-5-7-9-22)34-27(38)23-12-15-31(32,33)16-13-23;/h5-9,21,23-26H,4,10-20H2,1-3H3,(H,34,38);1H/t24?,25?,26-,30?;/m0./s1. The smallest absolute Gasteiger partial charge is 0.327 e. The lowest BCUT2D eigenvalue weighted by Gasteiger charge is -2.47. The molecule has 4 amide bonds. The van der Waals surface area contributed by atoms with E-state index in [0.717, 1.165) is 31.4 Å². The van der Waals surface area contributed by atoms with Gasteiger partial charge in [-0.15, -0.1) is 12.4 Å². The molecule has 1 spiro atoms. The molecule has 2 unspecified atom stereocenters. The van der Waals surface area contributed by atoms with Crippen LogP contribution in [-0.4, -0.2) is 75.2 Å². The SMILES string of the molecule is CCCN1C(=O)N(C(C)C)C(=O)C12CC1CCC(C2)N1CC[C@H](NC(=O)C1CCC(F)(F)CC1)c1ccccc1.Cl. The summed E-state index contributed by atoms with van der Waals surface area (Å²) in [5.74, 6) is -3.21. The van der Waals surface area contributed by atoms with Gasteiger partial charge in [0.25, 0.3) is 5.91 Å². The normalized spacial score (nSPS) is 28.8. The van der Waals surface area contributed by atoms with Crippen LogP contribution in [-0.2, 0) is 9.59 Å². The summed E-state index contributed by atoms with van der Waals surface area (Å²) >= 11 is 0. The van der Waals surface area contributed by atoms with Crippen LogP contribution in [0.1, 0.15) is 96.6 Å². The first-order chi connectivity index (χ1) is 19.1. The molecule has 4 fully saturated rings. The number of rotatable bonds is 9. The number of hydrogen-bond donors (Lipinski definition) is 1. The number of nitrogens with zero attached hydrogens (tertiary/aromatic N) is 3. The number of nitrogens with one attached hydrogen (secondary N) is 1. The highest BCUT2D eigenvalue weighted by molar-refractivity contribution is 6.07. The van der Waals surface area contributed by atoms with Gasteiger partial charge in [0.1, 0.15) is 5.54 Å². The molecular weight excluding hydrogens is 550 g/mol. The molecule has 3 heterocycles. The van der Waals surface area contributed by atoms with Gasteiger partial charge in [0.05, 0.1) is 6.04 Å². The van der Waals surface area contributed by atoms with Crippen LogP contribution in [0.15, 0.2) is 30.3 Å². The minimum Gasteiger partial charge on any atom is -0.349 e. The van der Waals surface area contributed by atoms with Crippen molar-refractivity contribution in [3.63, 3.8) is 0 Å². The van der Waals surface area contributed by atoms with Crippen molar-refractivity contribution < 1.29 is 23.2 Å². The highest BCUT2D eigenvalue weighted by Crippen LogP contribution is 2.48. The molecule has 1 aromatic rings. The topological polar surface area (TPSA) is 73.0 Å². The number of fused-ring (bicyclic) bond motifs is 2. The number of hydrogen-bond acceptors (Lipinski definition) is 4. The first kappa shape index (κ1) is 31.7. The van der Waals surface area contributed by atoms with E-state index in [1.54, 1.807) is 0 Å². The summed E-state index contributed by atoms with van der Waals surface area (Å²) < 4.78 is 27.4. The zero-order valence-electron chi connectivity index (χ0n) is 24.5. The van der Waals surface area contributed by atoms with Gasteiger partial charge in [-0.05, 0) is 70.8 Å². The Hall–Kier alpha value is -2.26. The van der Waals surface area contributed by atoms with E-state index in [2.05, 4.69) is 10.2 Å². The van der Waals surface area contributed by atoms with E-state index in [-0.39, 0.29) is 86.0 Å². The van der Waals surface area contributed by atoms with Crippen molar-refractivity contribution in [2.45, 2.75) is 121 Å². The molecule has 228 valence electrons. The van der Waals surface area contributed by atoms with Crippen LogP contribution in [0.4, 0.5) is 13.6 Å². The molecule has 4 aliphatic rings. The molecule has 7 nitrogen and oxygen atoms in total. The Morgan fingerprint density at radius 2 is 1.61 bits per heavy atom. The maximum atomic E-state index is 13.8. The number of halogens is 3. The maximum Gasteiger partial charge on any atom is 0.327 e. The second-order valence-electron chi connectivity index (χ2n) is 12.7. The number of alkyl halides is 2. The van der Waals surface area contributed by atoms with Crippen LogP contribution >= 0.6 is 12.4 Å². The summed E-state index contributed by atoms with van der Waals surface area (Å²) in [7, 11) is 0. The number of carbonyl (C=O) groups is 3. The van der Waals surface area contributed by atoms with Gasteiger partial charge >= 0.3 is 6.03 Å². The third-order valence-electron chi connectivity index (χ3n) is 9.73. The average molecular weight is 595 g/mol. The highest BCUT2D eigenvalue weighted by atomic mass is 35.5. The van der Waals surface area contributed by atoms with Crippen LogP contribution in [0.3, 0.4) is 0 Å². The summed E-state index contributed by atoms with van der Waals surface area (Å²) in [6, 6.07) is 9.74. The van der Waals surface area contributed by atoms with E-state index in [4.69, 9.17) is 0 Å². The molecule has 1 N–H and O–H groups in total. The summed E-state index contributed by atoms with van der Waals surface area (Å²) in [5, 5.41) is 3.20. The van der Waals surface area contributed by atoms with E-state index in [1.807, 2.05) is 56.0 Å². The van der Waals surface area contributed by atoms with Gasteiger partial charge in [-0.1, -0.05) is 37.3 Å². The largest absolute Gasteiger partial charge is 0.349 e. The van der Waals surface area contributed by atoms with Crippen LogP contribution in [0, 0.1) is 5.92 Å². The molecule has 3 saturated heterocycles. The zero-order valence-corrected chi connectivity index (χ0v) is 25.3. The molecule has 10 heteroatoms. The number of benzene rings is 1. The Kier molecular flexibility index (Phi) is 9.69. The fourth-order valence-electron chi connectivity index (χ4n) is 7.68. The van der Waals surface area contributed by atoms with Crippen LogP contribution in [0.5, 0.6) is 0 Å². The van der Waals surface area contributed by atoms with Crippen molar-refractivity contribution >= 4 is 30.3 Å². The molecule has 1 aliphatic carbocycles. The Bertz CT molecular complexity index is 1080. The predicted molar refractivity (Wildman–Crippen MR) is 156 cm³/mol. The van der Waals surface area contributed by atoms with E-state index >= 15 is 0 Å². The van der Waals surface area contributed by atoms with Crippen molar-refractivity contribution in [3.8, 4) is 0 Å². The molecule has 3 aliphatic heterocycles. The van der Waals surface area contributed by atoms with E-state index in [0.29, 0.717) is 25.8 Å². The molecule has 2 bridgehead atoms. The third-order valence-corrected chi connectivity index (χ3v) is 9.73. The lowest BCUT2D eigenvalue weighted by Crippen LogP contribution is -2.60. The Morgan fingerprint density at radius 3 is 2.17 bits per heavy atom. The van der Waals surface area contributed by atoms with Gasteiger partial charge in [0.2, 0.25) is 11.8 Å². The maximum absolute atomic E-state index is 13.8. The number of urea groups is 1. The number of carbonyl (C=O) groups excluding carboxylic acids is 3. The predicted octanol–water partition coefficient (Wildman–Crippen LogP) is 5.93. The van der Waals surface area contributed by atoms with Crippen LogP contribution in [0.25, 0.3) is 0 Å². The fraction of sp³-hybridized carbons (Fsp3) is 0.710. The van der Waals surface area contributed by atoms with E-state index in [1.165, 1.54) is 4.90 Å². The van der Waals surface area contributed by atoms with Crippen molar-refractivity contribution in [1.82, 2.24) is 20.0 Å². The lowest BCUT2D eigenvalue weighted by atomic mass is 9.80. The molecule has 41 heavy (non-hydrogen) atoms. The fourth-order valence-corrected chi connectivity index (χ4v) is 7.68. The third kappa shape index (κ3) is 6.12. The second-order valence-corrected chi connectivity index (χ2v) is 12.7. The van der Waals surface area contributed by atoms with E-state index in [9.17, 15) is 23.2 Å². The molecule has 1 aromatic carbocycles. The summed E-state index contributed by atoms with van der Waals surface area (Å²) in [4.78, 5) is 46.0. The number of imide groups is 1. The van der Waals surface area contributed by atoms with Crippen molar-refractivity contribution in [3.05, 3.63) is 35.9 Å². The average Bonchev–Trinajstić information content (AvgIpc) is 3.27. The van der Waals surface area contributed by atoms with Crippen LogP contribution in [0.2, 0.25) is 0 Å². The molecule has 5 rings (SSSR count). The molecule has 1 saturated carbocycles. The second kappa shape index (κ2) is 12.5. The number of amides is 4. The van der Waals surface area contributed by atoms with Gasteiger partial charge in [0, 0.05) is 50.0 Å². The van der Waals surface area contributed by atoms with Gasteiger partial charge < -0.3 is 10.2 Å². The minimum atomic E-state index is -2.66. The summed E-state index contributed by atoms with van der Waals surface area (Å²) in [6.07, 6.45) is 4.76. The monoisotopic (exact) mass is 594 g/mol. The Morgan fingerprint density at radius 1 is 1.00 bits per heavy atom. The van der Waals surface area contributed by atoms with Gasteiger partial charge in [-0.2, -0.15) is 0 Å². The van der Waals surface area contributed by atoms with Crippen molar-refractivity contribution in [1.29, 1.82) is 0 Å². The summed E-state index contributed by atoms with van der Waals surface area (Å²) in [6.45, 7) is 7.20. The molecule has 0 radical (unpaired) electrons. The molecule has 3 atom stereocenters. The van der Waals surface area contributed by atoms with Gasteiger partial charge in [-0.25, -0.2) is 13.6 Å². The molecular formula is C31H45ClF2N4O3. The van der Waals surface area contributed by atoms with Gasteiger partial charge in [0.15, 0.2) is 0 Å². The summed E-state index contributed by atoms with van der Waals surface area (Å²) in [5.41, 5.74) is 0.256. The molecule has 0 aromatic heterocycles. The zero-order chi connectivity index (χ0) is 28.7. The van der Waals surface area contributed by atoms with Crippen molar-refractivity contribution in [2.24, 2.45) is 5.92 Å². The van der Waals surface area contributed by atoms with Crippen molar-refractivity contribution in [2.75, 3.05) is 13.1 Å². The van der Waals surface area contributed by atoms with E-state index < -0.39 is 11.5 Å². The first-order valence-corrected chi connectivity index (χ1v) is 15.2. The van der Waals surface area contributed by atoms with Crippen LogP contribution < -0.4 is 5.32 Å². The quantitative estimate of drug-likeness (QED) is 0.360. The Balaban J connectivity index is 0.00000387.